The molecule has 9 aromatic rings. The summed E-state index contributed by atoms with van der Waals surface area (Å²) in [5, 5.41) is 4.33. The molecular formula is C51H43IrN3O-2. The van der Waals surface area contributed by atoms with E-state index in [-0.39, 0.29) is 25.5 Å². The number of rotatable bonds is 4. The maximum absolute atomic E-state index is 5.85. The predicted octanol–water partition coefficient (Wildman–Crippen LogP) is 13.4. The van der Waals surface area contributed by atoms with Gasteiger partial charge in [-0.1, -0.05) is 135 Å². The third kappa shape index (κ3) is 7.84. The zero-order chi connectivity index (χ0) is 38.3. The van der Waals surface area contributed by atoms with Gasteiger partial charge >= 0.3 is 0 Å². The molecule has 1 radical (unpaired) electrons. The van der Waals surface area contributed by atoms with E-state index < -0.39 is 0 Å². The van der Waals surface area contributed by atoms with Crippen LogP contribution in [0, 0.1) is 39.8 Å². The molecule has 0 atom stereocenters. The average Bonchev–Trinajstić information content (AvgIpc) is 3.69. The Hall–Kier alpha value is -5.74. The van der Waals surface area contributed by atoms with Gasteiger partial charge in [-0.2, -0.15) is 0 Å². The van der Waals surface area contributed by atoms with Crippen LogP contribution < -0.4 is 0 Å². The van der Waals surface area contributed by atoms with Crippen LogP contribution in [0.4, 0.5) is 0 Å². The average molecular weight is 906 g/mol. The molecule has 4 nitrogen and oxygen atoms in total. The fraction of sp³-hybridized carbons (Fsp3) is 0.157. The van der Waals surface area contributed by atoms with E-state index in [0.717, 1.165) is 61.2 Å². The Bertz CT molecular complexity index is 2800. The second-order valence-corrected chi connectivity index (χ2v) is 15.4. The van der Waals surface area contributed by atoms with Gasteiger partial charge in [-0.05, 0) is 82.4 Å². The van der Waals surface area contributed by atoms with Gasteiger partial charge in [0.25, 0.3) is 0 Å². The number of benzene rings is 5. The van der Waals surface area contributed by atoms with Crippen LogP contribution in [0.5, 0.6) is 0 Å². The molecule has 0 aliphatic rings. The van der Waals surface area contributed by atoms with Gasteiger partial charge in [0.1, 0.15) is 0 Å². The molecule has 5 heteroatoms. The maximum Gasteiger partial charge on any atom is 0.0847 e. The minimum absolute atomic E-state index is 0. The zero-order valence-electron chi connectivity index (χ0n) is 32.8. The second kappa shape index (κ2) is 15.8. The Balaban J connectivity index is 0.000000238. The van der Waals surface area contributed by atoms with Crippen molar-refractivity contribution in [1.29, 1.82) is 0 Å². The Morgan fingerprint density at radius 2 is 1.30 bits per heavy atom. The first-order chi connectivity index (χ1) is 26.5. The normalized spacial score (nSPS) is 11.3. The van der Waals surface area contributed by atoms with Crippen molar-refractivity contribution in [3.05, 3.63) is 174 Å². The van der Waals surface area contributed by atoms with Crippen LogP contribution in [0.15, 0.2) is 138 Å². The molecule has 0 unspecified atom stereocenters. The Morgan fingerprint density at radius 1 is 0.607 bits per heavy atom. The molecule has 0 spiro atoms. The molecule has 0 fully saturated rings. The van der Waals surface area contributed by atoms with Gasteiger partial charge in [0.15, 0.2) is 0 Å². The van der Waals surface area contributed by atoms with Crippen LogP contribution >= 0.6 is 0 Å². The SMILES string of the molecule is CC(C)(C)c1ccc2c(-c3cc(-c4ccc5cc(-c6ccccc6)ccc5c4)ccn3)[c-]c3ccoc3c2n1.Cc1c[c-]c(-c2cc(C)c(C)cn2)cc1C.[Ir]. The van der Waals surface area contributed by atoms with Crippen LogP contribution in [0.2, 0.25) is 0 Å². The van der Waals surface area contributed by atoms with Crippen molar-refractivity contribution in [2.45, 2.75) is 53.9 Å². The first kappa shape index (κ1) is 38.5. The third-order valence-corrected chi connectivity index (χ3v) is 10.4. The summed E-state index contributed by atoms with van der Waals surface area (Å²) in [6, 6.07) is 47.3. The zero-order valence-corrected chi connectivity index (χ0v) is 35.2. The molecule has 0 saturated heterocycles. The molecule has 0 saturated carbocycles. The number of hydrogen-bond acceptors (Lipinski definition) is 4. The minimum atomic E-state index is -0.0665. The third-order valence-electron chi connectivity index (χ3n) is 10.4. The molecule has 4 aromatic heterocycles. The van der Waals surface area contributed by atoms with Gasteiger partial charge in [0.05, 0.1) is 5.58 Å². The molecule has 56 heavy (non-hydrogen) atoms. The number of nitrogens with zero attached hydrogens (tertiary/aromatic N) is 3. The van der Waals surface area contributed by atoms with E-state index in [4.69, 9.17) is 14.4 Å². The van der Waals surface area contributed by atoms with Crippen molar-refractivity contribution in [3.8, 4) is 44.8 Å². The molecule has 0 aliphatic heterocycles. The summed E-state index contributed by atoms with van der Waals surface area (Å²) in [6.45, 7) is 14.9. The van der Waals surface area contributed by atoms with Crippen molar-refractivity contribution in [3.63, 3.8) is 0 Å². The van der Waals surface area contributed by atoms with Crippen LogP contribution in [0.3, 0.4) is 0 Å². The van der Waals surface area contributed by atoms with E-state index in [0.29, 0.717) is 0 Å². The first-order valence-electron chi connectivity index (χ1n) is 18.7. The van der Waals surface area contributed by atoms with Crippen molar-refractivity contribution in [2.24, 2.45) is 0 Å². The number of furan rings is 1. The topological polar surface area (TPSA) is 51.8 Å². The molecule has 5 aromatic carbocycles. The van der Waals surface area contributed by atoms with Gasteiger partial charge in [-0.25, -0.2) is 0 Å². The van der Waals surface area contributed by atoms with Crippen LogP contribution in [0.25, 0.3) is 77.4 Å². The summed E-state index contributed by atoms with van der Waals surface area (Å²) in [4.78, 5) is 14.2. The number of fused-ring (bicyclic) bond motifs is 4. The van der Waals surface area contributed by atoms with Crippen LogP contribution in [-0.2, 0) is 25.5 Å². The Morgan fingerprint density at radius 3 is 2.00 bits per heavy atom. The second-order valence-electron chi connectivity index (χ2n) is 15.4. The Labute approximate surface area is 343 Å². The standard InChI is InChI=1S/C36H27N2O.C15H16N.Ir/c1-36(2,3)33-14-13-30-31(21-29-16-18-39-35(29)34(30)38-33)32-22-28(15-17-37-32)27-12-11-25-19-24(9-10-26(25)20-27)23-7-5-4-6-8-23;1-10-5-6-14(7-11(10)2)15-8-12(3)13(4)9-16-15;/h4-20,22H,1-3H3;5,7-9H,1-4H3;/q2*-1;. The summed E-state index contributed by atoms with van der Waals surface area (Å²) in [5.74, 6) is 0. The maximum atomic E-state index is 5.85. The van der Waals surface area contributed by atoms with E-state index >= 15 is 0 Å². The van der Waals surface area contributed by atoms with Gasteiger partial charge in [-0.3, -0.25) is 9.97 Å². The molecule has 9 rings (SSSR count). The largest absolute Gasteiger partial charge is 0.506 e. The smallest absolute Gasteiger partial charge is 0.0847 e. The van der Waals surface area contributed by atoms with Gasteiger partial charge in [-0.15, -0.1) is 41.0 Å². The van der Waals surface area contributed by atoms with E-state index in [9.17, 15) is 0 Å². The summed E-state index contributed by atoms with van der Waals surface area (Å²) >= 11 is 0. The molecule has 0 bridgehead atoms. The summed E-state index contributed by atoms with van der Waals surface area (Å²) < 4.78 is 5.85. The molecule has 0 amide bonds. The number of aryl methyl sites for hydroxylation is 4. The van der Waals surface area contributed by atoms with Gasteiger partial charge in [0, 0.05) is 61.1 Å². The molecule has 4 heterocycles. The van der Waals surface area contributed by atoms with E-state index in [1.807, 2.05) is 30.6 Å². The molecular weight excluding hydrogens is 863 g/mol. The molecule has 0 N–H and O–H groups in total. The van der Waals surface area contributed by atoms with Crippen molar-refractivity contribution >= 4 is 32.6 Å². The minimum Gasteiger partial charge on any atom is -0.506 e. The number of aromatic nitrogens is 3. The van der Waals surface area contributed by atoms with Gasteiger partial charge in [0.2, 0.25) is 0 Å². The fourth-order valence-corrected chi connectivity index (χ4v) is 6.82. The monoisotopic (exact) mass is 906 g/mol. The summed E-state index contributed by atoms with van der Waals surface area (Å²) in [6.07, 6.45) is 5.51. The van der Waals surface area contributed by atoms with Crippen molar-refractivity contribution < 1.29 is 24.5 Å². The van der Waals surface area contributed by atoms with Crippen LogP contribution in [-0.4, -0.2) is 15.0 Å². The molecule has 279 valence electrons. The van der Waals surface area contributed by atoms with Gasteiger partial charge < -0.3 is 9.40 Å². The first-order valence-corrected chi connectivity index (χ1v) is 18.7. The summed E-state index contributed by atoms with van der Waals surface area (Å²) in [7, 11) is 0. The predicted molar refractivity (Wildman–Crippen MR) is 228 cm³/mol. The summed E-state index contributed by atoms with van der Waals surface area (Å²) in [5.41, 5.74) is 16.2. The van der Waals surface area contributed by atoms with Crippen molar-refractivity contribution in [1.82, 2.24) is 15.0 Å². The fourth-order valence-electron chi connectivity index (χ4n) is 6.82. The van der Waals surface area contributed by atoms with Crippen molar-refractivity contribution in [2.75, 3.05) is 0 Å². The quantitative estimate of drug-likeness (QED) is 0.165. The number of pyridine rings is 3. The van der Waals surface area contributed by atoms with E-state index in [1.165, 1.54) is 44.2 Å². The Kier molecular flexibility index (Phi) is 10.9. The number of hydrogen-bond donors (Lipinski definition) is 0. The van der Waals surface area contributed by atoms with Crippen LogP contribution in [0.1, 0.15) is 48.7 Å². The van der Waals surface area contributed by atoms with E-state index in [1.54, 1.807) is 6.26 Å². The molecule has 0 aliphatic carbocycles. The van der Waals surface area contributed by atoms with E-state index in [2.05, 4.69) is 163 Å².